The summed E-state index contributed by atoms with van der Waals surface area (Å²) in [7, 11) is 0. The van der Waals surface area contributed by atoms with Gasteiger partial charge in [-0.15, -0.1) is 0 Å². The Kier molecular flexibility index (Phi) is 13.4. The lowest BCUT2D eigenvalue weighted by Crippen LogP contribution is -2.35. The second-order valence-electron chi connectivity index (χ2n) is 7.29. The first kappa shape index (κ1) is 24.9. The van der Waals surface area contributed by atoms with Gasteiger partial charge in [0, 0.05) is 25.8 Å². The van der Waals surface area contributed by atoms with E-state index in [0.717, 1.165) is 37.5 Å². The summed E-state index contributed by atoms with van der Waals surface area (Å²) < 4.78 is 11.2. The topological polar surface area (TPSA) is 62.8 Å². The predicted octanol–water partition coefficient (Wildman–Crippen LogP) is 4.08. The fourth-order valence-corrected chi connectivity index (χ4v) is 2.02. The number of nitrogens with one attached hydrogen (secondary N) is 2. The predicted molar refractivity (Wildman–Crippen MR) is 109 cm³/mol. The van der Waals surface area contributed by atoms with Gasteiger partial charge in [-0.05, 0) is 50.8 Å². The normalized spacial score (nSPS) is 12.5. The summed E-state index contributed by atoms with van der Waals surface area (Å²) in [6, 6.07) is 8.08. The molecule has 1 rings (SSSR count). The highest BCUT2D eigenvalue weighted by Gasteiger charge is 2.13. The van der Waals surface area contributed by atoms with Crippen molar-refractivity contribution in [1.29, 1.82) is 0 Å². The molecule has 0 aliphatic carbocycles. The molecule has 0 saturated heterocycles. The van der Waals surface area contributed by atoms with Gasteiger partial charge in [0.1, 0.15) is 12.4 Å². The van der Waals surface area contributed by atoms with Gasteiger partial charge in [0.25, 0.3) is 0 Å². The maximum Gasteiger partial charge on any atom is 0.119 e. The van der Waals surface area contributed by atoms with E-state index in [1.54, 1.807) is 13.8 Å². The van der Waals surface area contributed by atoms with Crippen molar-refractivity contribution >= 4 is 0 Å². The zero-order valence-electron chi connectivity index (χ0n) is 17.8. The molecule has 0 aromatic heterocycles. The molecule has 0 spiro atoms. The molecule has 1 unspecified atom stereocenters. The van der Waals surface area contributed by atoms with E-state index in [9.17, 15) is 5.11 Å². The van der Waals surface area contributed by atoms with Crippen molar-refractivity contribution in [3.8, 4) is 5.75 Å². The van der Waals surface area contributed by atoms with Gasteiger partial charge in [0.15, 0.2) is 0 Å². The lowest BCUT2D eigenvalue weighted by Gasteiger charge is -2.19. The fraction of sp³-hybridized carbons (Fsp3) is 0.714. The minimum Gasteiger partial charge on any atom is -0.491 e. The summed E-state index contributed by atoms with van der Waals surface area (Å²) in [5.74, 6) is 1.35. The number of hydrogen-bond acceptors (Lipinski definition) is 5. The summed E-state index contributed by atoms with van der Waals surface area (Å²) in [6.45, 7) is 16.6. The van der Waals surface area contributed by atoms with Crippen molar-refractivity contribution in [3.05, 3.63) is 29.8 Å². The van der Waals surface area contributed by atoms with Crippen LogP contribution < -0.4 is 15.6 Å². The van der Waals surface area contributed by atoms with E-state index in [1.165, 1.54) is 0 Å². The Morgan fingerprint density at radius 1 is 1.15 bits per heavy atom. The number of aliphatic hydroxyl groups is 1. The molecule has 0 fully saturated rings. The Balaban J connectivity index is 0.00000301. The van der Waals surface area contributed by atoms with Crippen LogP contribution in [-0.4, -0.2) is 37.1 Å². The van der Waals surface area contributed by atoms with E-state index in [0.29, 0.717) is 5.92 Å². The molecule has 1 aromatic carbocycles. The Morgan fingerprint density at radius 3 is 2.46 bits per heavy atom. The molecule has 1 aromatic rings. The molecule has 0 radical (unpaired) electrons. The quantitative estimate of drug-likeness (QED) is 0.383. The number of hydrazine groups is 1. The van der Waals surface area contributed by atoms with Gasteiger partial charge < -0.3 is 14.6 Å². The van der Waals surface area contributed by atoms with Gasteiger partial charge in [-0.1, -0.05) is 39.8 Å². The van der Waals surface area contributed by atoms with Gasteiger partial charge >= 0.3 is 0 Å². The SMILES string of the molecule is CC.CC(C)COCCCNNC(C)c1cccc(OCC(C)(C)O)c1. The summed E-state index contributed by atoms with van der Waals surface area (Å²) in [5, 5.41) is 9.74. The minimum absolute atomic E-state index is 0.160. The van der Waals surface area contributed by atoms with Crippen molar-refractivity contribution in [2.24, 2.45) is 5.92 Å². The highest BCUT2D eigenvalue weighted by molar-refractivity contribution is 5.30. The maximum absolute atomic E-state index is 9.74. The Labute approximate surface area is 160 Å². The largest absolute Gasteiger partial charge is 0.491 e. The van der Waals surface area contributed by atoms with Crippen LogP contribution in [0.1, 0.15) is 66.5 Å². The first-order chi connectivity index (χ1) is 12.3. The zero-order chi connectivity index (χ0) is 20.0. The maximum atomic E-state index is 9.74. The number of hydrogen-bond donors (Lipinski definition) is 3. The standard InChI is InChI=1S/C19H34N2O3.C2H6/c1-15(2)13-23-11-7-10-20-21-16(3)17-8-6-9-18(12-17)24-14-19(4,5)22;1-2/h6,8-9,12,15-16,20-22H,7,10-11,13-14H2,1-5H3;1-2H3. The average molecular weight is 369 g/mol. The van der Waals surface area contributed by atoms with E-state index in [4.69, 9.17) is 9.47 Å². The van der Waals surface area contributed by atoms with Crippen molar-refractivity contribution in [2.45, 2.75) is 66.5 Å². The lowest BCUT2D eigenvalue weighted by atomic mass is 10.1. The molecule has 26 heavy (non-hydrogen) atoms. The van der Waals surface area contributed by atoms with Crippen LogP contribution in [0.4, 0.5) is 0 Å². The Bertz CT molecular complexity index is 459. The van der Waals surface area contributed by atoms with Crippen LogP contribution in [-0.2, 0) is 4.74 Å². The van der Waals surface area contributed by atoms with Crippen molar-refractivity contribution in [3.63, 3.8) is 0 Å². The summed E-state index contributed by atoms with van der Waals surface area (Å²) >= 11 is 0. The first-order valence-corrected chi connectivity index (χ1v) is 9.79. The van der Waals surface area contributed by atoms with Crippen LogP contribution in [0.15, 0.2) is 24.3 Å². The highest BCUT2D eigenvalue weighted by atomic mass is 16.5. The van der Waals surface area contributed by atoms with Crippen LogP contribution in [0.5, 0.6) is 5.75 Å². The molecule has 0 aliphatic rings. The van der Waals surface area contributed by atoms with Gasteiger partial charge in [-0.2, -0.15) is 0 Å². The van der Waals surface area contributed by atoms with E-state index in [-0.39, 0.29) is 12.6 Å². The molecule has 3 N–H and O–H groups in total. The molecule has 5 nitrogen and oxygen atoms in total. The van der Waals surface area contributed by atoms with Crippen LogP contribution in [0.25, 0.3) is 0 Å². The zero-order valence-corrected chi connectivity index (χ0v) is 17.8. The summed E-state index contributed by atoms with van der Waals surface area (Å²) in [5.41, 5.74) is 6.82. The van der Waals surface area contributed by atoms with Gasteiger partial charge in [0.2, 0.25) is 0 Å². The Hall–Kier alpha value is -1.14. The second-order valence-corrected chi connectivity index (χ2v) is 7.29. The fourth-order valence-electron chi connectivity index (χ4n) is 2.02. The third-order valence-corrected chi connectivity index (χ3v) is 3.31. The molecular formula is C21H40N2O3. The number of benzene rings is 1. The Morgan fingerprint density at radius 2 is 1.85 bits per heavy atom. The molecule has 152 valence electrons. The monoisotopic (exact) mass is 368 g/mol. The smallest absolute Gasteiger partial charge is 0.119 e. The number of ether oxygens (including phenoxy) is 2. The van der Waals surface area contributed by atoms with Gasteiger partial charge in [-0.25, -0.2) is 0 Å². The van der Waals surface area contributed by atoms with Crippen molar-refractivity contribution < 1.29 is 14.6 Å². The molecule has 0 heterocycles. The molecule has 0 bridgehead atoms. The molecule has 0 amide bonds. The van der Waals surface area contributed by atoms with Crippen LogP contribution in [0.3, 0.4) is 0 Å². The summed E-state index contributed by atoms with van der Waals surface area (Å²) in [6.07, 6.45) is 0.973. The molecular weight excluding hydrogens is 328 g/mol. The van der Waals surface area contributed by atoms with Crippen molar-refractivity contribution in [1.82, 2.24) is 10.9 Å². The molecule has 5 heteroatoms. The van der Waals surface area contributed by atoms with Crippen LogP contribution in [0.2, 0.25) is 0 Å². The third-order valence-electron chi connectivity index (χ3n) is 3.31. The molecule has 1 atom stereocenters. The van der Waals surface area contributed by atoms with Crippen LogP contribution in [0, 0.1) is 5.92 Å². The first-order valence-electron chi connectivity index (χ1n) is 9.79. The van der Waals surface area contributed by atoms with Gasteiger partial charge in [0.05, 0.1) is 5.60 Å². The summed E-state index contributed by atoms with van der Waals surface area (Å²) in [4.78, 5) is 0. The second kappa shape index (κ2) is 14.0. The molecule has 0 saturated carbocycles. The van der Waals surface area contributed by atoms with E-state index < -0.39 is 5.60 Å². The van der Waals surface area contributed by atoms with E-state index in [2.05, 4.69) is 37.7 Å². The molecule has 0 aliphatic heterocycles. The third kappa shape index (κ3) is 13.1. The lowest BCUT2D eigenvalue weighted by molar-refractivity contribution is 0.0284. The van der Waals surface area contributed by atoms with Crippen LogP contribution >= 0.6 is 0 Å². The minimum atomic E-state index is -0.834. The number of rotatable bonds is 12. The van der Waals surface area contributed by atoms with E-state index >= 15 is 0 Å². The van der Waals surface area contributed by atoms with Gasteiger partial charge in [-0.3, -0.25) is 10.9 Å². The van der Waals surface area contributed by atoms with Crippen molar-refractivity contribution in [2.75, 3.05) is 26.4 Å². The average Bonchev–Trinajstić information content (AvgIpc) is 2.60. The van der Waals surface area contributed by atoms with E-state index in [1.807, 2.05) is 32.0 Å². The highest BCUT2D eigenvalue weighted by Crippen LogP contribution is 2.19.